The van der Waals surface area contributed by atoms with Crippen LogP contribution in [0.5, 0.6) is 0 Å². The minimum absolute atomic E-state index is 0.0268. The number of terminal acetylenes is 1. The van der Waals surface area contributed by atoms with Crippen LogP contribution in [0.25, 0.3) is 0 Å². The lowest BCUT2D eigenvalue weighted by molar-refractivity contribution is 0.143. The van der Waals surface area contributed by atoms with Gasteiger partial charge in [-0.05, 0) is 12.0 Å². The molecule has 0 saturated carbocycles. The number of rotatable bonds is 8. The number of hydrogen-bond acceptors (Lipinski definition) is 3. The van der Waals surface area contributed by atoms with Crippen molar-refractivity contribution < 1.29 is 18.7 Å². The van der Waals surface area contributed by atoms with E-state index in [0.717, 1.165) is 5.56 Å². The molecule has 1 N–H and O–H groups in total. The maximum atomic E-state index is 11.7. The molecule has 4 nitrogen and oxygen atoms in total. The third-order valence-corrected chi connectivity index (χ3v) is 3.49. The molecule has 1 aromatic rings. The lowest BCUT2D eigenvalue weighted by atomic mass is 10.2. The Bertz CT molecular complexity index is 424. The fourth-order valence-electron chi connectivity index (χ4n) is 1.36. The molecule has 18 heavy (non-hydrogen) atoms. The highest BCUT2D eigenvalue weighted by molar-refractivity contribution is 7.51. The lowest BCUT2D eigenvalue weighted by Crippen LogP contribution is -2.01. The summed E-state index contributed by atoms with van der Waals surface area (Å²) < 4.78 is 21.8. The Labute approximate surface area is 107 Å². The third kappa shape index (κ3) is 6.58. The predicted molar refractivity (Wildman–Crippen MR) is 70.2 cm³/mol. The first-order valence-electron chi connectivity index (χ1n) is 5.65. The summed E-state index contributed by atoms with van der Waals surface area (Å²) in [4.78, 5) is 9.63. The first kappa shape index (κ1) is 14.9. The first-order chi connectivity index (χ1) is 8.64. The van der Waals surface area contributed by atoms with E-state index in [1.165, 1.54) is 0 Å². The normalized spacial score (nSPS) is 13.8. The highest BCUT2D eigenvalue weighted by atomic mass is 31.2. The van der Waals surface area contributed by atoms with Gasteiger partial charge in [0.2, 0.25) is 0 Å². The van der Waals surface area contributed by atoms with E-state index in [1.54, 1.807) is 12.1 Å². The highest BCUT2D eigenvalue weighted by Crippen LogP contribution is 2.45. The summed E-state index contributed by atoms with van der Waals surface area (Å²) in [5.74, 6) is 2.34. The van der Waals surface area contributed by atoms with E-state index in [-0.39, 0.29) is 19.4 Å². The topological polar surface area (TPSA) is 55.8 Å². The fraction of sp³-hybridized carbons (Fsp3) is 0.385. The summed E-state index contributed by atoms with van der Waals surface area (Å²) >= 11 is 0. The molecule has 1 unspecified atom stereocenters. The number of benzene rings is 1. The van der Waals surface area contributed by atoms with Gasteiger partial charge in [0, 0.05) is 0 Å². The Morgan fingerprint density at radius 1 is 1.28 bits per heavy atom. The van der Waals surface area contributed by atoms with Gasteiger partial charge < -0.3 is 14.2 Å². The molecule has 1 atom stereocenters. The Balaban J connectivity index is 2.24. The van der Waals surface area contributed by atoms with Crippen LogP contribution in [-0.2, 0) is 20.0 Å². The summed E-state index contributed by atoms with van der Waals surface area (Å²) in [6, 6.07) is 9.09. The van der Waals surface area contributed by atoms with Crippen molar-refractivity contribution in [1.29, 1.82) is 0 Å². The highest BCUT2D eigenvalue weighted by Gasteiger charge is 2.19. The second-order valence-corrected chi connectivity index (χ2v) is 5.57. The molecule has 0 saturated heterocycles. The van der Waals surface area contributed by atoms with E-state index in [1.807, 2.05) is 18.2 Å². The molecule has 0 aromatic heterocycles. The minimum atomic E-state index is -3.57. The maximum Gasteiger partial charge on any atom is 0.332 e. The van der Waals surface area contributed by atoms with Gasteiger partial charge in [0.25, 0.3) is 0 Å². The summed E-state index contributed by atoms with van der Waals surface area (Å²) in [5, 5.41) is 0. The summed E-state index contributed by atoms with van der Waals surface area (Å²) in [6.07, 6.45) is 5.58. The molecule has 0 spiro atoms. The van der Waals surface area contributed by atoms with E-state index in [0.29, 0.717) is 13.0 Å². The maximum absolute atomic E-state index is 11.7. The van der Waals surface area contributed by atoms with Crippen molar-refractivity contribution in [1.82, 2.24) is 0 Å². The Morgan fingerprint density at radius 2 is 2.00 bits per heavy atom. The lowest BCUT2D eigenvalue weighted by Gasteiger charge is -2.12. The van der Waals surface area contributed by atoms with Crippen LogP contribution in [0.15, 0.2) is 30.3 Å². The second kappa shape index (κ2) is 8.07. The van der Waals surface area contributed by atoms with Gasteiger partial charge in [-0.1, -0.05) is 36.3 Å². The minimum Gasteiger partial charge on any atom is -0.369 e. The van der Waals surface area contributed by atoms with E-state index >= 15 is 0 Å². The Kier molecular flexibility index (Phi) is 6.70. The van der Waals surface area contributed by atoms with Crippen molar-refractivity contribution in [3.05, 3.63) is 35.9 Å². The first-order valence-corrected chi connectivity index (χ1v) is 7.42. The molecule has 5 heteroatoms. The van der Waals surface area contributed by atoms with Crippen molar-refractivity contribution in [2.45, 2.75) is 12.6 Å². The average molecular weight is 268 g/mol. The van der Waals surface area contributed by atoms with Crippen molar-refractivity contribution in [2.75, 3.05) is 19.8 Å². The molecule has 0 aliphatic carbocycles. The van der Waals surface area contributed by atoms with E-state index in [9.17, 15) is 9.46 Å². The fourth-order valence-corrected chi connectivity index (χ4v) is 2.54. The van der Waals surface area contributed by atoms with Crippen LogP contribution < -0.4 is 0 Å². The van der Waals surface area contributed by atoms with Crippen LogP contribution in [0.2, 0.25) is 0 Å². The van der Waals surface area contributed by atoms with Crippen LogP contribution in [0.1, 0.15) is 12.0 Å². The van der Waals surface area contributed by atoms with Crippen LogP contribution in [0, 0.1) is 12.3 Å². The SMILES string of the molecule is C#CCOCCCOP(=O)(O)Cc1ccccc1. The van der Waals surface area contributed by atoms with Crippen molar-refractivity contribution >= 4 is 7.60 Å². The number of ether oxygens (including phenoxy) is 1. The van der Waals surface area contributed by atoms with Crippen LogP contribution >= 0.6 is 7.60 Å². The molecule has 0 aliphatic heterocycles. The molecule has 1 aromatic carbocycles. The molecule has 98 valence electrons. The third-order valence-electron chi connectivity index (χ3n) is 2.14. The molecule has 0 aliphatic rings. The van der Waals surface area contributed by atoms with Gasteiger partial charge in [0.1, 0.15) is 6.61 Å². The molecular formula is C13H17O4P. The summed E-state index contributed by atoms with van der Waals surface area (Å²) in [5.41, 5.74) is 0.784. The van der Waals surface area contributed by atoms with Gasteiger partial charge in [0.05, 0.1) is 19.4 Å². The van der Waals surface area contributed by atoms with Crippen LogP contribution in [0.4, 0.5) is 0 Å². The average Bonchev–Trinajstić information content (AvgIpc) is 2.34. The van der Waals surface area contributed by atoms with Gasteiger partial charge in [-0.3, -0.25) is 4.57 Å². The zero-order valence-corrected chi connectivity index (χ0v) is 11.0. The standard InChI is InChI=1S/C13H17O4P/c1-2-9-16-10-6-11-17-18(14,15)12-13-7-4-3-5-8-13/h1,3-5,7-8H,6,9-12H2,(H,14,15). The van der Waals surface area contributed by atoms with Crippen molar-refractivity contribution in [2.24, 2.45) is 0 Å². The van der Waals surface area contributed by atoms with Crippen LogP contribution in [-0.4, -0.2) is 24.7 Å². The second-order valence-electron chi connectivity index (χ2n) is 3.72. The van der Waals surface area contributed by atoms with E-state index in [2.05, 4.69) is 5.92 Å². The molecule has 0 amide bonds. The zero-order valence-electron chi connectivity index (χ0n) is 10.1. The summed E-state index contributed by atoms with van der Waals surface area (Å²) in [7, 11) is -3.57. The van der Waals surface area contributed by atoms with E-state index < -0.39 is 7.60 Å². The molecule has 0 radical (unpaired) electrons. The molecule has 1 rings (SSSR count). The van der Waals surface area contributed by atoms with E-state index in [4.69, 9.17) is 15.7 Å². The van der Waals surface area contributed by atoms with Gasteiger partial charge in [-0.25, -0.2) is 0 Å². The molecule has 0 bridgehead atoms. The smallest absolute Gasteiger partial charge is 0.332 e. The van der Waals surface area contributed by atoms with Crippen molar-refractivity contribution in [3.8, 4) is 12.3 Å². The zero-order chi connectivity index (χ0) is 13.3. The van der Waals surface area contributed by atoms with Gasteiger partial charge in [-0.2, -0.15) is 0 Å². The summed E-state index contributed by atoms with van der Waals surface area (Å²) in [6.45, 7) is 0.863. The quantitative estimate of drug-likeness (QED) is 0.447. The monoisotopic (exact) mass is 268 g/mol. The largest absolute Gasteiger partial charge is 0.369 e. The van der Waals surface area contributed by atoms with Crippen LogP contribution in [0.3, 0.4) is 0 Å². The molecular weight excluding hydrogens is 251 g/mol. The molecule has 0 fully saturated rings. The van der Waals surface area contributed by atoms with Gasteiger partial charge in [-0.15, -0.1) is 6.42 Å². The predicted octanol–water partition coefficient (Wildman–Crippen LogP) is 2.43. The Morgan fingerprint density at radius 3 is 2.67 bits per heavy atom. The van der Waals surface area contributed by atoms with Crippen molar-refractivity contribution in [3.63, 3.8) is 0 Å². The Hall–Kier alpha value is -1.11. The molecule has 0 heterocycles. The van der Waals surface area contributed by atoms with Gasteiger partial charge >= 0.3 is 7.60 Å². The van der Waals surface area contributed by atoms with Gasteiger partial charge in [0.15, 0.2) is 0 Å². The number of hydrogen-bond donors (Lipinski definition) is 1.